The van der Waals surface area contributed by atoms with Crippen LogP contribution < -0.4 is 0 Å². The maximum Gasteiger partial charge on any atom is 0.342 e. The zero-order chi connectivity index (χ0) is 22.6. The Hall–Kier alpha value is -3.23. The molecule has 0 aromatic heterocycles. The van der Waals surface area contributed by atoms with Gasteiger partial charge in [0, 0.05) is 12.8 Å². The van der Waals surface area contributed by atoms with Crippen LogP contribution in [0.25, 0.3) is 0 Å². The fraction of sp³-hybridized carbons (Fsp3) is 0.318. The minimum atomic E-state index is -4.03. The molecular weight excluding hydrogens is 416 g/mol. The van der Waals surface area contributed by atoms with Crippen molar-refractivity contribution in [2.45, 2.75) is 44.2 Å². The maximum atomic E-state index is 14.7. The van der Waals surface area contributed by atoms with Crippen molar-refractivity contribution in [2.24, 2.45) is 0 Å². The van der Waals surface area contributed by atoms with Crippen molar-refractivity contribution in [3.8, 4) is 0 Å². The molecule has 164 valence electrons. The number of imide groups is 2. The molecule has 0 bridgehead atoms. The Labute approximate surface area is 176 Å². The molecular formula is C22H20F4N2O3. The van der Waals surface area contributed by atoms with Crippen LogP contribution in [0, 0.1) is 0 Å². The van der Waals surface area contributed by atoms with Crippen molar-refractivity contribution in [3.63, 3.8) is 0 Å². The first-order valence-electron chi connectivity index (χ1n) is 9.65. The maximum absolute atomic E-state index is 14.7. The molecule has 1 fully saturated rings. The number of amides is 4. The Morgan fingerprint density at radius 3 is 1.35 bits per heavy atom. The summed E-state index contributed by atoms with van der Waals surface area (Å²) in [6.07, 6.45) is -3.52. The summed E-state index contributed by atoms with van der Waals surface area (Å²) in [4.78, 5) is 35.6. The fourth-order valence-electron chi connectivity index (χ4n) is 3.35. The highest BCUT2D eigenvalue weighted by molar-refractivity contribution is 6.14. The molecule has 5 nitrogen and oxygen atoms in total. The largest absolute Gasteiger partial charge is 0.342 e. The lowest BCUT2D eigenvalue weighted by Crippen LogP contribution is -2.65. The van der Waals surface area contributed by atoms with Gasteiger partial charge in [0.1, 0.15) is 6.42 Å². The predicted octanol–water partition coefficient (Wildman–Crippen LogP) is 4.62. The lowest BCUT2D eigenvalue weighted by atomic mass is 10.1. The van der Waals surface area contributed by atoms with Gasteiger partial charge in [-0.3, -0.25) is 9.59 Å². The fourth-order valence-corrected chi connectivity index (χ4v) is 3.35. The number of halogens is 4. The average Bonchev–Trinajstić information content (AvgIpc) is 2.71. The molecule has 1 heterocycles. The van der Waals surface area contributed by atoms with Gasteiger partial charge in [-0.05, 0) is 24.0 Å². The van der Waals surface area contributed by atoms with Crippen molar-refractivity contribution < 1.29 is 31.9 Å². The summed E-state index contributed by atoms with van der Waals surface area (Å²) >= 11 is 0. The Morgan fingerprint density at radius 1 is 0.645 bits per heavy atom. The topological polar surface area (TPSA) is 57.7 Å². The van der Waals surface area contributed by atoms with Crippen molar-refractivity contribution in [3.05, 3.63) is 71.8 Å². The highest BCUT2D eigenvalue weighted by atomic mass is 19.3. The molecule has 2 aromatic rings. The molecule has 1 saturated heterocycles. The number of hydrogen-bond acceptors (Lipinski definition) is 3. The number of aryl methyl sites for hydroxylation is 2. The first kappa shape index (κ1) is 22.5. The van der Waals surface area contributed by atoms with Crippen molar-refractivity contribution in [2.75, 3.05) is 0 Å². The quantitative estimate of drug-likeness (QED) is 0.345. The minimum absolute atomic E-state index is 0.191. The molecule has 0 saturated carbocycles. The molecule has 0 atom stereocenters. The van der Waals surface area contributed by atoms with Crippen LogP contribution in [-0.2, 0) is 22.4 Å². The van der Waals surface area contributed by atoms with Gasteiger partial charge in [-0.15, -0.1) is 0 Å². The number of carbonyl (C=O) groups is 3. The van der Waals surface area contributed by atoms with Gasteiger partial charge >= 0.3 is 18.1 Å². The first-order chi connectivity index (χ1) is 14.6. The Bertz CT molecular complexity index is 876. The lowest BCUT2D eigenvalue weighted by molar-refractivity contribution is -0.192. The molecule has 9 heteroatoms. The number of carbonyl (C=O) groups excluding carboxylic acids is 3. The number of rotatable bonds is 8. The van der Waals surface area contributed by atoms with Gasteiger partial charge in [0.15, 0.2) is 0 Å². The number of urea groups is 1. The van der Waals surface area contributed by atoms with E-state index in [4.69, 9.17) is 0 Å². The number of hydrogen-bond donors (Lipinski definition) is 0. The normalized spacial score (nSPS) is 15.5. The average molecular weight is 436 g/mol. The molecule has 0 unspecified atom stereocenters. The summed E-state index contributed by atoms with van der Waals surface area (Å²) in [5, 5.41) is 0. The molecule has 1 aliphatic rings. The molecule has 0 aliphatic carbocycles. The van der Waals surface area contributed by atoms with E-state index in [0.717, 1.165) is 0 Å². The minimum Gasteiger partial charge on any atom is -0.274 e. The van der Waals surface area contributed by atoms with E-state index < -0.39 is 59.0 Å². The Morgan fingerprint density at radius 2 is 1.00 bits per heavy atom. The second-order valence-electron chi connectivity index (χ2n) is 7.22. The summed E-state index contributed by atoms with van der Waals surface area (Å²) in [7, 11) is 0. The van der Waals surface area contributed by atoms with Crippen LogP contribution in [0.2, 0.25) is 0 Å². The van der Waals surface area contributed by atoms with Gasteiger partial charge in [0.05, 0.1) is 0 Å². The number of nitrogens with zero attached hydrogens (tertiary/aromatic N) is 2. The summed E-state index contributed by atoms with van der Waals surface area (Å²) in [5.41, 5.74) is 1.06. The van der Waals surface area contributed by atoms with Gasteiger partial charge in [0.25, 0.3) is 0 Å². The van der Waals surface area contributed by atoms with E-state index in [1.54, 1.807) is 60.7 Å². The third-order valence-corrected chi connectivity index (χ3v) is 4.95. The van der Waals surface area contributed by atoms with Crippen LogP contribution in [0.5, 0.6) is 0 Å². The lowest BCUT2D eigenvalue weighted by Gasteiger charge is -2.39. The van der Waals surface area contributed by atoms with Crippen LogP contribution in [0.15, 0.2) is 60.7 Å². The molecule has 0 N–H and O–H groups in total. The van der Waals surface area contributed by atoms with E-state index >= 15 is 0 Å². The highest BCUT2D eigenvalue weighted by Gasteiger charge is 2.56. The zero-order valence-corrected chi connectivity index (χ0v) is 16.4. The number of alkyl halides is 4. The molecule has 31 heavy (non-hydrogen) atoms. The predicted molar refractivity (Wildman–Crippen MR) is 103 cm³/mol. The molecule has 3 rings (SSSR count). The van der Waals surface area contributed by atoms with Crippen LogP contribution in [0.4, 0.5) is 22.4 Å². The van der Waals surface area contributed by atoms with Gasteiger partial charge in [-0.1, -0.05) is 60.7 Å². The van der Waals surface area contributed by atoms with Gasteiger partial charge in [0.2, 0.25) is 11.8 Å². The third kappa shape index (κ3) is 5.10. The van der Waals surface area contributed by atoms with Crippen LogP contribution in [-0.4, -0.2) is 39.7 Å². The van der Waals surface area contributed by atoms with Gasteiger partial charge in [-0.25, -0.2) is 14.6 Å². The van der Waals surface area contributed by atoms with Crippen LogP contribution in [0.3, 0.4) is 0 Å². The van der Waals surface area contributed by atoms with Gasteiger partial charge in [-0.2, -0.15) is 17.6 Å². The van der Waals surface area contributed by atoms with Gasteiger partial charge < -0.3 is 0 Å². The summed E-state index contributed by atoms with van der Waals surface area (Å²) in [6, 6.07) is 6.22. The summed E-state index contributed by atoms with van der Waals surface area (Å²) in [6.45, 7) is 0. The monoisotopic (exact) mass is 436 g/mol. The zero-order valence-electron chi connectivity index (χ0n) is 16.4. The number of benzene rings is 2. The van der Waals surface area contributed by atoms with Crippen molar-refractivity contribution >= 4 is 17.8 Å². The summed E-state index contributed by atoms with van der Waals surface area (Å²) in [5.74, 6) is -2.99. The van der Waals surface area contributed by atoms with Crippen LogP contribution >= 0.6 is 0 Å². The van der Waals surface area contributed by atoms with E-state index in [1.165, 1.54) is 0 Å². The highest BCUT2D eigenvalue weighted by Crippen LogP contribution is 2.35. The second-order valence-corrected chi connectivity index (χ2v) is 7.22. The van der Waals surface area contributed by atoms with E-state index in [0.29, 0.717) is 11.1 Å². The summed E-state index contributed by atoms with van der Waals surface area (Å²) < 4.78 is 58.9. The van der Waals surface area contributed by atoms with Crippen molar-refractivity contribution in [1.82, 2.24) is 9.80 Å². The van der Waals surface area contributed by atoms with E-state index in [9.17, 15) is 31.9 Å². The number of barbiturate groups is 1. The SMILES string of the molecule is O=C1CC(=O)N(C(F)(F)CCc2ccccc2)C(=O)N1C(F)(F)CCc1ccccc1. The first-order valence-corrected chi connectivity index (χ1v) is 9.65. The molecule has 4 amide bonds. The standard InChI is InChI=1S/C22H20F4N2O3/c23-21(24,13-11-16-7-3-1-4-8-16)27-18(29)15-19(30)28(20(27)31)22(25,26)14-12-17-9-5-2-6-10-17/h1-10H,11-15H2. The van der Waals surface area contributed by atoms with E-state index in [1.807, 2.05) is 0 Å². The van der Waals surface area contributed by atoms with Crippen LogP contribution in [0.1, 0.15) is 30.4 Å². The smallest absolute Gasteiger partial charge is 0.274 e. The van der Waals surface area contributed by atoms with E-state index in [-0.39, 0.29) is 12.8 Å². The molecule has 0 radical (unpaired) electrons. The second kappa shape index (κ2) is 8.87. The third-order valence-electron chi connectivity index (χ3n) is 4.95. The molecule has 0 spiro atoms. The Balaban J connectivity index is 1.76. The molecule has 2 aromatic carbocycles. The molecule has 1 aliphatic heterocycles. The Kier molecular flexibility index (Phi) is 6.42. The van der Waals surface area contributed by atoms with E-state index in [2.05, 4.69) is 0 Å². The van der Waals surface area contributed by atoms with Crippen molar-refractivity contribution in [1.29, 1.82) is 0 Å².